The van der Waals surface area contributed by atoms with Crippen molar-refractivity contribution in [2.75, 3.05) is 0 Å². The summed E-state index contributed by atoms with van der Waals surface area (Å²) in [5.74, 6) is 0.831. The molecule has 0 radical (unpaired) electrons. The number of furan rings is 1. The first-order valence-electron chi connectivity index (χ1n) is 5.25. The van der Waals surface area contributed by atoms with Gasteiger partial charge in [0, 0.05) is 0 Å². The minimum atomic E-state index is 0.743. The number of hydrogen-bond donors (Lipinski definition) is 0. The zero-order valence-corrected chi connectivity index (χ0v) is 9.40. The Balaban J connectivity index is 2.26. The lowest BCUT2D eigenvalue weighted by molar-refractivity contribution is -0.104. The molecule has 0 saturated carbocycles. The quantitative estimate of drug-likeness (QED) is 0.420. The highest BCUT2D eigenvalue weighted by molar-refractivity contribution is 5.65. The molecule has 2 heteroatoms. The Kier molecular flexibility index (Phi) is 6.67. The number of hydrogen-bond acceptors (Lipinski definition) is 2. The van der Waals surface area contributed by atoms with Crippen molar-refractivity contribution in [3.8, 4) is 0 Å². The normalized spacial score (nSPS) is 12.9. The Morgan fingerprint density at radius 3 is 1.94 bits per heavy atom. The fraction of sp³-hybridized carbons (Fsp3) is 0. The van der Waals surface area contributed by atoms with Crippen molar-refractivity contribution in [3.05, 3.63) is 78.8 Å². The maximum absolute atomic E-state index is 9.94. The molecular formula is C15H14O2. The molecule has 0 aliphatic carbocycles. The molecule has 0 aliphatic rings. The van der Waals surface area contributed by atoms with Gasteiger partial charge in [0.15, 0.2) is 0 Å². The van der Waals surface area contributed by atoms with E-state index >= 15 is 0 Å². The van der Waals surface area contributed by atoms with E-state index in [0.29, 0.717) is 0 Å². The largest absolute Gasteiger partial charge is 0.465 e. The molecule has 0 unspecified atom stereocenters. The summed E-state index contributed by atoms with van der Waals surface area (Å²) in [5, 5.41) is 0. The van der Waals surface area contributed by atoms with Crippen molar-refractivity contribution in [2.24, 2.45) is 0 Å². The second-order valence-electron chi connectivity index (χ2n) is 3.05. The van der Waals surface area contributed by atoms with E-state index in [0.717, 1.165) is 12.0 Å². The maximum Gasteiger partial charge on any atom is 0.142 e. The van der Waals surface area contributed by atoms with E-state index < -0.39 is 0 Å². The highest BCUT2D eigenvalue weighted by Crippen LogP contribution is 2.01. The Labute approximate surface area is 101 Å². The van der Waals surface area contributed by atoms with E-state index in [1.165, 1.54) is 6.08 Å². The van der Waals surface area contributed by atoms with Gasteiger partial charge in [-0.1, -0.05) is 48.6 Å². The summed E-state index contributed by atoms with van der Waals surface area (Å²) in [6, 6.07) is 3.74. The van der Waals surface area contributed by atoms with Gasteiger partial charge in [-0.3, -0.25) is 4.79 Å². The van der Waals surface area contributed by atoms with Crippen LogP contribution in [0, 0.1) is 0 Å². The average Bonchev–Trinajstić information content (AvgIpc) is 2.85. The van der Waals surface area contributed by atoms with Gasteiger partial charge < -0.3 is 4.42 Å². The van der Waals surface area contributed by atoms with Gasteiger partial charge in [0.2, 0.25) is 0 Å². The van der Waals surface area contributed by atoms with Crippen LogP contribution in [-0.4, -0.2) is 6.29 Å². The van der Waals surface area contributed by atoms with Crippen molar-refractivity contribution in [1.29, 1.82) is 0 Å². The van der Waals surface area contributed by atoms with Crippen LogP contribution in [0.5, 0.6) is 0 Å². The summed E-state index contributed by atoms with van der Waals surface area (Å²) < 4.78 is 5.13. The molecular weight excluding hydrogens is 212 g/mol. The molecule has 0 aromatic carbocycles. The number of rotatable bonds is 6. The van der Waals surface area contributed by atoms with E-state index in [9.17, 15) is 4.79 Å². The van der Waals surface area contributed by atoms with Gasteiger partial charge in [-0.05, 0) is 24.3 Å². The van der Waals surface area contributed by atoms with E-state index in [-0.39, 0.29) is 0 Å². The molecule has 0 N–H and O–H groups in total. The molecule has 1 rings (SSSR count). The van der Waals surface area contributed by atoms with Crippen LogP contribution in [0.25, 0.3) is 6.08 Å². The highest BCUT2D eigenvalue weighted by Gasteiger charge is 1.83. The van der Waals surface area contributed by atoms with Gasteiger partial charge in [0.05, 0.1) is 6.26 Å². The third-order valence-corrected chi connectivity index (χ3v) is 1.77. The predicted molar refractivity (Wildman–Crippen MR) is 70.4 cm³/mol. The molecule has 2 nitrogen and oxygen atoms in total. The Morgan fingerprint density at radius 1 is 0.824 bits per heavy atom. The van der Waals surface area contributed by atoms with Crippen LogP contribution >= 0.6 is 0 Å². The summed E-state index contributed by atoms with van der Waals surface area (Å²) in [6.45, 7) is 0. The second kappa shape index (κ2) is 8.92. The topological polar surface area (TPSA) is 30.2 Å². The molecule has 0 spiro atoms. The molecule has 86 valence electrons. The lowest BCUT2D eigenvalue weighted by Gasteiger charge is -1.79. The first-order chi connectivity index (χ1) is 8.43. The van der Waals surface area contributed by atoms with E-state index in [4.69, 9.17) is 4.42 Å². The lowest BCUT2D eigenvalue weighted by Crippen LogP contribution is -1.58. The summed E-state index contributed by atoms with van der Waals surface area (Å²) in [5.41, 5.74) is 0. The van der Waals surface area contributed by atoms with Crippen molar-refractivity contribution in [2.45, 2.75) is 0 Å². The molecule has 0 aliphatic heterocycles. The summed E-state index contributed by atoms with van der Waals surface area (Å²) >= 11 is 0. The van der Waals surface area contributed by atoms with Crippen LogP contribution in [-0.2, 0) is 4.79 Å². The molecule has 0 saturated heterocycles. The van der Waals surface area contributed by atoms with Gasteiger partial charge in [-0.15, -0.1) is 0 Å². The zero-order chi connectivity index (χ0) is 12.2. The second-order valence-corrected chi connectivity index (χ2v) is 3.05. The van der Waals surface area contributed by atoms with Gasteiger partial charge in [0.25, 0.3) is 0 Å². The SMILES string of the molecule is O=C/C=C/C=C\C=C/C=C\C=C/c1ccco1. The van der Waals surface area contributed by atoms with Crippen molar-refractivity contribution < 1.29 is 9.21 Å². The summed E-state index contributed by atoms with van der Waals surface area (Å²) in [7, 11) is 0. The van der Waals surface area contributed by atoms with Crippen LogP contribution in [0.15, 0.2) is 77.5 Å². The first-order valence-corrected chi connectivity index (χ1v) is 5.25. The summed E-state index contributed by atoms with van der Waals surface area (Å²) in [4.78, 5) is 9.94. The molecule has 1 aromatic rings. The van der Waals surface area contributed by atoms with Crippen LogP contribution in [0.3, 0.4) is 0 Å². The first kappa shape index (κ1) is 12.7. The Bertz CT molecular complexity index is 443. The van der Waals surface area contributed by atoms with Crippen LogP contribution in [0.4, 0.5) is 0 Å². The molecule has 0 amide bonds. The van der Waals surface area contributed by atoms with Gasteiger partial charge >= 0.3 is 0 Å². The van der Waals surface area contributed by atoms with Gasteiger partial charge in [-0.2, -0.15) is 0 Å². The number of carbonyl (C=O) groups is 1. The Morgan fingerprint density at radius 2 is 1.41 bits per heavy atom. The van der Waals surface area contributed by atoms with E-state index in [2.05, 4.69) is 0 Å². The van der Waals surface area contributed by atoms with Crippen LogP contribution in [0.1, 0.15) is 5.76 Å². The molecule has 17 heavy (non-hydrogen) atoms. The predicted octanol–water partition coefficient (Wildman–Crippen LogP) is 3.72. The molecule has 1 aromatic heterocycles. The number of carbonyl (C=O) groups excluding carboxylic acids is 1. The fourth-order valence-electron chi connectivity index (χ4n) is 1.03. The van der Waals surface area contributed by atoms with Crippen LogP contribution in [0.2, 0.25) is 0 Å². The number of allylic oxidation sites excluding steroid dienone is 9. The molecule has 1 heterocycles. The molecule has 0 fully saturated rings. The Hall–Kier alpha value is -2.35. The van der Waals surface area contributed by atoms with Gasteiger partial charge in [0.1, 0.15) is 12.0 Å². The van der Waals surface area contributed by atoms with Crippen molar-refractivity contribution >= 4 is 12.4 Å². The van der Waals surface area contributed by atoms with Gasteiger partial charge in [-0.25, -0.2) is 0 Å². The van der Waals surface area contributed by atoms with Crippen molar-refractivity contribution in [3.63, 3.8) is 0 Å². The lowest BCUT2D eigenvalue weighted by atomic mass is 10.3. The summed E-state index contributed by atoms with van der Waals surface area (Å²) in [6.07, 6.45) is 20.5. The van der Waals surface area contributed by atoms with E-state index in [1.54, 1.807) is 18.4 Å². The fourth-order valence-corrected chi connectivity index (χ4v) is 1.03. The third-order valence-electron chi connectivity index (χ3n) is 1.77. The monoisotopic (exact) mass is 226 g/mol. The maximum atomic E-state index is 9.94. The van der Waals surface area contributed by atoms with E-state index in [1.807, 2.05) is 54.7 Å². The molecule has 0 atom stereocenters. The number of aldehydes is 1. The minimum absolute atomic E-state index is 0.743. The highest BCUT2D eigenvalue weighted by atomic mass is 16.3. The smallest absolute Gasteiger partial charge is 0.142 e. The average molecular weight is 226 g/mol. The molecule has 0 bridgehead atoms. The third kappa shape index (κ3) is 6.68. The van der Waals surface area contributed by atoms with Crippen LogP contribution < -0.4 is 0 Å². The van der Waals surface area contributed by atoms with Crippen molar-refractivity contribution in [1.82, 2.24) is 0 Å². The zero-order valence-electron chi connectivity index (χ0n) is 9.40. The standard InChI is InChI=1S/C15H14O2/c16-13-9-7-5-3-1-2-4-6-8-11-15-12-10-14-17-15/h1-14H/b2-1-,5-3-,6-4-,9-7+,11-8-. The minimum Gasteiger partial charge on any atom is -0.465 e.